The highest BCUT2D eigenvalue weighted by Crippen LogP contribution is 2.20. The second-order valence-electron chi connectivity index (χ2n) is 5.24. The van der Waals surface area contributed by atoms with Gasteiger partial charge in [0, 0.05) is 25.4 Å². The fraction of sp³-hybridized carbons (Fsp3) is 0.714. The summed E-state index contributed by atoms with van der Waals surface area (Å²) in [6.07, 6.45) is 8.78. The maximum Gasteiger partial charge on any atom is 0.241 e. The standard InChI is InChI=1S/C14H24N4O2/c1-15-13(11-9-17-18(2)10-11)14(19)16-7-8-20-12-5-3-4-6-12/h9-10,12-13,15H,3-8H2,1-2H3,(H,16,19). The number of nitrogens with zero attached hydrogens (tertiary/aromatic N) is 2. The summed E-state index contributed by atoms with van der Waals surface area (Å²) in [4.78, 5) is 12.1. The quantitative estimate of drug-likeness (QED) is 0.724. The van der Waals surface area contributed by atoms with Crippen LogP contribution in [-0.2, 0) is 16.6 Å². The smallest absolute Gasteiger partial charge is 0.241 e. The molecule has 20 heavy (non-hydrogen) atoms. The van der Waals surface area contributed by atoms with Gasteiger partial charge in [-0.1, -0.05) is 12.8 Å². The minimum absolute atomic E-state index is 0.0458. The molecule has 0 aliphatic heterocycles. The van der Waals surface area contributed by atoms with Gasteiger partial charge < -0.3 is 15.4 Å². The van der Waals surface area contributed by atoms with E-state index in [0.29, 0.717) is 19.3 Å². The SMILES string of the molecule is CNC(C(=O)NCCOC1CCCC1)c1cnn(C)c1. The van der Waals surface area contributed by atoms with E-state index in [1.54, 1.807) is 17.9 Å². The van der Waals surface area contributed by atoms with Crippen LogP contribution in [0.5, 0.6) is 0 Å². The molecule has 0 aromatic carbocycles. The van der Waals surface area contributed by atoms with Gasteiger partial charge in [-0.15, -0.1) is 0 Å². The predicted octanol–water partition coefficient (Wildman–Crippen LogP) is 0.756. The minimum Gasteiger partial charge on any atom is -0.376 e. The summed E-state index contributed by atoms with van der Waals surface area (Å²) in [5.41, 5.74) is 0.865. The lowest BCUT2D eigenvalue weighted by molar-refractivity contribution is -0.123. The Bertz CT molecular complexity index is 427. The Morgan fingerprint density at radius 1 is 1.55 bits per heavy atom. The van der Waals surface area contributed by atoms with Gasteiger partial charge in [0.15, 0.2) is 0 Å². The third-order valence-electron chi connectivity index (χ3n) is 3.67. The van der Waals surface area contributed by atoms with E-state index >= 15 is 0 Å². The number of rotatable bonds is 7. The number of aryl methyl sites for hydroxylation is 1. The third kappa shape index (κ3) is 4.05. The van der Waals surface area contributed by atoms with Crippen LogP contribution in [0.25, 0.3) is 0 Å². The predicted molar refractivity (Wildman–Crippen MR) is 76.2 cm³/mol. The van der Waals surface area contributed by atoms with E-state index in [1.807, 2.05) is 13.2 Å². The normalized spacial score (nSPS) is 17.3. The molecule has 1 fully saturated rings. The van der Waals surface area contributed by atoms with Crippen molar-refractivity contribution in [2.45, 2.75) is 37.8 Å². The monoisotopic (exact) mass is 280 g/mol. The number of aromatic nitrogens is 2. The lowest BCUT2D eigenvalue weighted by Crippen LogP contribution is -2.37. The highest BCUT2D eigenvalue weighted by atomic mass is 16.5. The maximum absolute atomic E-state index is 12.1. The maximum atomic E-state index is 12.1. The van der Waals surface area contributed by atoms with Gasteiger partial charge in [-0.25, -0.2) is 0 Å². The first-order valence-corrected chi connectivity index (χ1v) is 7.26. The van der Waals surface area contributed by atoms with Gasteiger partial charge >= 0.3 is 0 Å². The molecule has 0 bridgehead atoms. The van der Waals surface area contributed by atoms with Crippen molar-refractivity contribution in [2.24, 2.45) is 7.05 Å². The van der Waals surface area contributed by atoms with E-state index in [9.17, 15) is 4.79 Å². The zero-order chi connectivity index (χ0) is 14.4. The molecule has 1 atom stereocenters. The number of nitrogens with one attached hydrogen (secondary N) is 2. The summed E-state index contributed by atoms with van der Waals surface area (Å²) in [5, 5.41) is 10.00. The Balaban J connectivity index is 1.72. The lowest BCUT2D eigenvalue weighted by atomic mass is 10.1. The molecule has 1 amide bonds. The average Bonchev–Trinajstić information content (AvgIpc) is 3.07. The molecular formula is C14H24N4O2. The summed E-state index contributed by atoms with van der Waals surface area (Å²) < 4.78 is 7.42. The van der Waals surface area contributed by atoms with Crippen LogP contribution in [0.1, 0.15) is 37.3 Å². The number of carbonyl (C=O) groups is 1. The molecule has 112 valence electrons. The lowest BCUT2D eigenvalue weighted by Gasteiger charge is -2.15. The van der Waals surface area contributed by atoms with Crippen LogP contribution in [0.2, 0.25) is 0 Å². The molecule has 0 radical (unpaired) electrons. The van der Waals surface area contributed by atoms with Crippen molar-refractivity contribution in [3.8, 4) is 0 Å². The van der Waals surface area contributed by atoms with Crippen LogP contribution in [0.15, 0.2) is 12.4 Å². The van der Waals surface area contributed by atoms with Crippen molar-refractivity contribution in [1.82, 2.24) is 20.4 Å². The Morgan fingerprint density at radius 3 is 2.90 bits per heavy atom. The van der Waals surface area contributed by atoms with Crippen LogP contribution in [0.4, 0.5) is 0 Å². The fourth-order valence-electron chi connectivity index (χ4n) is 2.60. The Kier molecular flexibility index (Phi) is 5.55. The fourth-order valence-corrected chi connectivity index (χ4v) is 2.60. The molecule has 0 saturated heterocycles. The van der Waals surface area contributed by atoms with Gasteiger partial charge in [0.25, 0.3) is 0 Å². The van der Waals surface area contributed by atoms with Gasteiger partial charge in [0.05, 0.1) is 18.9 Å². The van der Waals surface area contributed by atoms with Crippen LogP contribution < -0.4 is 10.6 Å². The number of amides is 1. The van der Waals surface area contributed by atoms with Crippen LogP contribution in [0, 0.1) is 0 Å². The first kappa shape index (κ1) is 15.0. The van der Waals surface area contributed by atoms with E-state index in [-0.39, 0.29) is 11.9 Å². The van der Waals surface area contributed by atoms with Gasteiger partial charge in [-0.05, 0) is 19.9 Å². The highest BCUT2D eigenvalue weighted by Gasteiger charge is 2.20. The van der Waals surface area contributed by atoms with E-state index in [2.05, 4.69) is 15.7 Å². The topological polar surface area (TPSA) is 68.2 Å². The van der Waals surface area contributed by atoms with Crippen molar-refractivity contribution < 1.29 is 9.53 Å². The number of carbonyl (C=O) groups excluding carboxylic acids is 1. The second-order valence-corrected chi connectivity index (χ2v) is 5.24. The molecule has 1 aromatic heterocycles. The number of likely N-dealkylation sites (N-methyl/N-ethyl adjacent to an activating group) is 1. The largest absolute Gasteiger partial charge is 0.376 e. The summed E-state index contributed by atoms with van der Waals surface area (Å²) in [6, 6.07) is -0.366. The molecule has 6 heteroatoms. The molecule has 1 unspecified atom stereocenters. The second kappa shape index (κ2) is 7.40. The van der Waals surface area contributed by atoms with Gasteiger partial charge in [-0.3, -0.25) is 9.48 Å². The number of hydrogen-bond donors (Lipinski definition) is 2. The zero-order valence-corrected chi connectivity index (χ0v) is 12.3. The van der Waals surface area contributed by atoms with E-state index in [1.165, 1.54) is 12.8 Å². The van der Waals surface area contributed by atoms with E-state index in [0.717, 1.165) is 18.4 Å². The molecule has 2 N–H and O–H groups in total. The minimum atomic E-state index is -0.366. The van der Waals surface area contributed by atoms with Crippen LogP contribution in [-0.4, -0.2) is 42.0 Å². The molecular weight excluding hydrogens is 256 g/mol. The van der Waals surface area contributed by atoms with Crippen molar-refractivity contribution in [3.05, 3.63) is 18.0 Å². The Labute approximate surface area is 119 Å². The van der Waals surface area contributed by atoms with Crippen molar-refractivity contribution >= 4 is 5.91 Å². The molecule has 6 nitrogen and oxygen atoms in total. The van der Waals surface area contributed by atoms with E-state index < -0.39 is 0 Å². The summed E-state index contributed by atoms with van der Waals surface area (Å²) >= 11 is 0. The van der Waals surface area contributed by atoms with Crippen molar-refractivity contribution in [2.75, 3.05) is 20.2 Å². The third-order valence-corrected chi connectivity index (χ3v) is 3.67. The van der Waals surface area contributed by atoms with Crippen LogP contribution >= 0.6 is 0 Å². The molecule has 1 heterocycles. The Hall–Kier alpha value is -1.40. The highest BCUT2D eigenvalue weighted by molar-refractivity contribution is 5.82. The zero-order valence-electron chi connectivity index (χ0n) is 12.3. The van der Waals surface area contributed by atoms with Crippen LogP contribution in [0.3, 0.4) is 0 Å². The molecule has 1 aliphatic rings. The van der Waals surface area contributed by atoms with Gasteiger partial charge in [-0.2, -0.15) is 5.10 Å². The van der Waals surface area contributed by atoms with Crippen molar-refractivity contribution in [1.29, 1.82) is 0 Å². The summed E-state index contributed by atoms with van der Waals surface area (Å²) in [5.74, 6) is -0.0458. The average molecular weight is 280 g/mol. The van der Waals surface area contributed by atoms with Gasteiger partial charge in [0.1, 0.15) is 6.04 Å². The summed E-state index contributed by atoms with van der Waals surface area (Å²) in [6.45, 7) is 1.13. The molecule has 2 rings (SSSR count). The first-order valence-electron chi connectivity index (χ1n) is 7.26. The summed E-state index contributed by atoms with van der Waals surface area (Å²) in [7, 11) is 3.61. The number of hydrogen-bond acceptors (Lipinski definition) is 4. The first-order chi connectivity index (χ1) is 9.70. The van der Waals surface area contributed by atoms with Crippen molar-refractivity contribution in [3.63, 3.8) is 0 Å². The molecule has 1 saturated carbocycles. The molecule has 1 aliphatic carbocycles. The van der Waals surface area contributed by atoms with Gasteiger partial charge in [0.2, 0.25) is 5.91 Å². The molecule has 1 aromatic rings. The molecule has 0 spiro atoms. The Morgan fingerprint density at radius 2 is 2.30 bits per heavy atom. The van der Waals surface area contributed by atoms with E-state index in [4.69, 9.17) is 4.74 Å². The number of ether oxygens (including phenoxy) is 1.